The van der Waals surface area contributed by atoms with Gasteiger partial charge in [-0.05, 0) is 64.2 Å². The van der Waals surface area contributed by atoms with Gasteiger partial charge in [-0.3, -0.25) is 9.78 Å². The van der Waals surface area contributed by atoms with Crippen LogP contribution in [0.3, 0.4) is 0 Å². The Bertz CT molecular complexity index is 969. The molecule has 4 nitrogen and oxygen atoms in total. The number of fused-ring (bicyclic) bond motifs is 2. The van der Waals surface area contributed by atoms with Crippen molar-refractivity contribution >= 4 is 28.1 Å². The second kappa shape index (κ2) is 7.77. The molecule has 27 heavy (non-hydrogen) atoms. The van der Waals surface area contributed by atoms with E-state index in [0.29, 0.717) is 12.1 Å². The van der Waals surface area contributed by atoms with Gasteiger partial charge in [0.25, 0.3) is 5.91 Å². The average Bonchev–Trinajstić information content (AvgIpc) is 3.07. The molecule has 1 aromatic carbocycles. The Morgan fingerprint density at radius 3 is 2.85 bits per heavy atom. The molecule has 0 saturated heterocycles. The summed E-state index contributed by atoms with van der Waals surface area (Å²) in [7, 11) is 0. The molecule has 0 spiro atoms. The van der Waals surface area contributed by atoms with Gasteiger partial charge in [0.15, 0.2) is 0 Å². The summed E-state index contributed by atoms with van der Waals surface area (Å²) in [6, 6.07) is 8.08. The number of nitrogens with zero attached hydrogens (tertiary/aromatic N) is 2. The van der Waals surface area contributed by atoms with E-state index in [1.807, 2.05) is 36.5 Å². The summed E-state index contributed by atoms with van der Waals surface area (Å²) in [5.74, 6) is -0.0400. The molecule has 3 aromatic rings. The first-order valence-electron chi connectivity index (χ1n) is 9.74. The monoisotopic (exact) mass is 379 g/mol. The van der Waals surface area contributed by atoms with Crippen molar-refractivity contribution in [3.8, 4) is 0 Å². The van der Waals surface area contributed by atoms with Gasteiger partial charge in [-0.1, -0.05) is 11.6 Å². The Morgan fingerprint density at radius 2 is 2.00 bits per heavy atom. The molecule has 2 aromatic heterocycles. The van der Waals surface area contributed by atoms with Crippen LogP contribution in [0.5, 0.6) is 0 Å². The van der Waals surface area contributed by atoms with Gasteiger partial charge >= 0.3 is 0 Å². The highest BCUT2D eigenvalue weighted by Gasteiger charge is 2.15. The number of aromatic nitrogens is 2. The van der Waals surface area contributed by atoms with Crippen molar-refractivity contribution in [2.24, 2.45) is 0 Å². The second-order valence-corrected chi connectivity index (χ2v) is 8.53. The Morgan fingerprint density at radius 1 is 1.15 bits per heavy atom. The minimum Gasteiger partial charge on any atom is -0.352 e. The molecule has 0 atom stereocenters. The number of amides is 1. The quantitative estimate of drug-likeness (QED) is 0.662. The van der Waals surface area contributed by atoms with Crippen LogP contribution < -0.4 is 5.32 Å². The number of nitrogens with one attached hydrogen (secondary N) is 1. The molecule has 1 aliphatic rings. The van der Waals surface area contributed by atoms with Crippen molar-refractivity contribution in [1.29, 1.82) is 0 Å². The predicted molar refractivity (Wildman–Crippen MR) is 111 cm³/mol. The molecule has 0 saturated carbocycles. The van der Waals surface area contributed by atoms with Crippen molar-refractivity contribution in [2.45, 2.75) is 52.4 Å². The zero-order valence-corrected chi connectivity index (χ0v) is 16.8. The summed E-state index contributed by atoms with van der Waals surface area (Å²) in [5, 5.41) is 5.28. The highest BCUT2D eigenvalue weighted by Crippen LogP contribution is 2.27. The SMILES string of the molecule is Cc1ccc2nc(C)c(C(=O)NCCCc3nc4c(s3)CCCC4)cc2c1. The summed E-state index contributed by atoms with van der Waals surface area (Å²) < 4.78 is 0. The molecule has 0 radical (unpaired) electrons. The number of carbonyl (C=O) groups excluding carboxylic acids is 1. The summed E-state index contributed by atoms with van der Waals surface area (Å²) in [4.78, 5) is 23.4. The lowest BCUT2D eigenvalue weighted by Gasteiger charge is -2.09. The van der Waals surface area contributed by atoms with Crippen LogP contribution in [0.2, 0.25) is 0 Å². The van der Waals surface area contributed by atoms with E-state index in [2.05, 4.69) is 23.3 Å². The van der Waals surface area contributed by atoms with Crippen molar-refractivity contribution in [3.05, 3.63) is 56.7 Å². The van der Waals surface area contributed by atoms with Gasteiger partial charge in [0.05, 0.1) is 27.5 Å². The fraction of sp³-hybridized carbons (Fsp3) is 0.409. The molecule has 1 amide bonds. The topological polar surface area (TPSA) is 54.9 Å². The number of rotatable bonds is 5. The van der Waals surface area contributed by atoms with E-state index in [1.165, 1.54) is 40.4 Å². The van der Waals surface area contributed by atoms with Crippen molar-refractivity contribution in [2.75, 3.05) is 6.54 Å². The maximum Gasteiger partial charge on any atom is 0.253 e. The van der Waals surface area contributed by atoms with E-state index in [0.717, 1.165) is 35.9 Å². The lowest BCUT2D eigenvalue weighted by atomic mass is 10.0. The van der Waals surface area contributed by atoms with Gasteiger partial charge in [0, 0.05) is 23.2 Å². The number of benzene rings is 1. The largest absolute Gasteiger partial charge is 0.352 e. The minimum atomic E-state index is -0.0400. The molecular weight excluding hydrogens is 354 g/mol. The summed E-state index contributed by atoms with van der Waals surface area (Å²) >= 11 is 1.86. The standard InChI is InChI=1S/C22H25N3OS/c1-14-9-10-18-16(12-14)13-17(15(2)24-18)22(26)23-11-5-8-21-25-19-6-3-4-7-20(19)27-21/h9-10,12-13H,3-8,11H2,1-2H3,(H,23,26). The smallest absolute Gasteiger partial charge is 0.253 e. The maximum absolute atomic E-state index is 12.6. The van der Waals surface area contributed by atoms with Crippen LogP contribution in [0.25, 0.3) is 10.9 Å². The number of aryl methyl sites for hydroxylation is 5. The van der Waals surface area contributed by atoms with Gasteiger partial charge in [0.1, 0.15) is 0 Å². The van der Waals surface area contributed by atoms with E-state index < -0.39 is 0 Å². The molecule has 1 aliphatic carbocycles. The molecule has 4 rings (SSSR count). The van der Waals surface area contributed by atoms with Crippen molar-refractivity contribution < 1.29 is 4.79 Å². The Balaban J connectivity index is 1.36. The third-order valence-corrected chi connectivity index (χ3v) is 6.37. The highest BCUT2D eigenvalue weighted by atomic mass is 32.1. The molecule has 0 fully saturated rings. The zero-order chi connectivity index (χ0) is 18.8. The van der Waals surface area contributed by atoms with Gasteiger partial charge < -0.3 is 5.32 Å². The van der Waals surface area contributed by atoms with Gasteiger partial charge in [-0.25, -0.2) is 4.98 Å². The molecule has 0 aliphatic heterocycles. The zero-order valence-electron chi connectivity index (χ0n) is 16.0. The Labute approximate surface area is 164 Å². The summed E-state index contributed by atoms with van der Waals surface area (Å²) in [6.45, 7) is 4.61. The van der Waals surface area contributed by atoms with Crippen molar-refractivity contribution in [3.63, 3.8) is 0 Å². The van der Waals surface area contributed by atoms with E-state index in [9.17, 15) is 4.79 Å². The first-order chi connectivity index (χ1) is 13.1. The molecule has 0 unspecified atom stereocenters. The van der Waals surface area contributed by atoms with Crippen LogP contribution in [0, 0.1) is 13.8 Å². The molecule has 0 bridgehead atoms. The van der Waals surface area contributed by atoms with Crippen LogP contribution in [0.15, 0.2) is 24.3 Å². The Hall–Kier alpha value is -2.27. The number of carbonyl (C=O) groups is 1. The predicted octanol–water partition coefficient (Wildman–Crippen LogP) is 4.55. The third kappa shape index (κ3) is 4.03. The van der Waals surface area contributed by atoms with Crippen LogP contribution in [-0.2, 0) is 19.3 Å². The fourth-order valence-electron chi connectivity index (χ4n) is 3.67. The van der Waals surface area contributed by atoms with E-state index in [-0.39, 0.29) is 5.91 Å². The Kier molecular flexibility index (Phi) is 5.21. The first kappa shape index (κ1) is 18.1. The lowest BCUT2D eigenvalue weighted by molar-refractivity contribution is 0.0952. The summed E-state index contributed by atoms with van der Waals surface area (Å²) in [5.41, 5.74) is 4.86. The number of hydrogen-bond acceptors (Lipinski definition) is 4. The molecule has 140 valence electrons. The number of thiazole rings is 1. The fourth-order valence-corrected chi connectivity index (χ4v) is 4.87. The molecule has 5 heteroatoms. The van der Waals surface area contributed by atoms with Crippen molar-refractivity contribution in [1.82, 2.24) is 15.3 Å². The first-order valence-corrected chi connectivity index (χ1v) is 10.6. The highest BCUT2D eigenvalue weighted by molar-refractivity contribution is 7.11. The normalized spacial score (nSPS) is 13.6. The van der Waals surface area contributed by atoms with Gasteiger partial charge in [0.2, 0.25) is 0 Å². The van der Waals surface area contributed by atoms with E-state index in [4.69, 9.17) is 4.98 Å². The van der Waals surface area contributed by atoms with Gasteiger partial charge in [-0.2, -0.15) is 0 Å². The maximum atomic E-state index is 12.6. The summed E-state index contributed by atoms with van der Waals surface area (Å²) in [6.07, 6.45) is 6.74. The van der Waals surface area contributed by atoms with Crippen LogP contribution in [0.4, 0.5) is 0 Å². The minimum absolute atomic E-state index is 0.0400. The van der Waals surface area contributed by atoms with Crippen LogP contribution >= 0.6 is 11.3 Å². The second-order valence-electron chi connectivity index (χ2n) is 7.36. The van der Waals surface area contributed by atoms with Crippen LogP contribution in [0.1, 0.15) is 56.5 Å². The molecule has 2 heterocycles. The van der Waals surface area contributed by atoms with E-state index in [1.54, 1.807) is 0 Å². The third-order valence-electron chi connectivity index (χ3n) is 5.15. The molecular formula is C22H25N3OS. The number of hydrogen-bond donors (Lipinski definition) is 1. The molecule has 1 N–H and O–H groups in total. The van der Waals surface area contributed by atoms with Crippen LogP contribution in [-0.4, -0.2) is 22.4 Å². The van der Waals surface area contributed by atoms with Gasteiger partial charge in [-0.15, -0.1) is 11.3 Å². The number of pyridine rings is 1. The lowest BCUT2D eigenvalue weighted by Crippen LogP contribution is -2.25. The van der Waals surface area contributed by atoms with E-state index >= 15 is 0 Å². The average molecular weight is 380 g/mol.